The third kappa shape index (κ3) is 2.57. The molecule has 0 bridgehead atoms. The summed E-state index contributed by atoms with van der Waals surface area (Å²) >= 11 is 4.93. The van der Waals surface area contributed by atoms with E-state index in [1.54, 1.807) is 18.0 Å². The van der Waals surface area contributed by atoms with Crippen LogP contribution >= 0.6 is 27.7 Å². The van der Waals surface area contributed by atoms with E-state index in [0.717, 1.165) is 9.50 Å². The Labute approximate surface area is 78.7 Å². The molecule has 0 aliphatic heterocycles. The molecule has 0 radical (unpaired) electrons. The van der Waals surface area contributed by atoms with Crippen molar-refractivity contribution >= 4 is 27.7 Å². The van der Waals surface area contributed by atoms with E-state index in [0.29, 0.717) is 5.75 Å². The first-order chi connectivity index (χ1) is 5.34. The molecule has 1 rings (SSSR count). The fourth-order valence-electron chi connectivity index (χ4n) is 0.587. The lowest BCUT2D eigenvalue weighted by Crippen LogP contribution is -1.80. The molecule has 0 aliphatic carbocycles. The Morgan fingerprint density at radius 2 is 2.55 bits per heavy atom. The van der Waals surface area contributed by atoms with Gasteiger partial charge in [0.05, 0.1) is 5.75 Å². The minimum Gasteiger partial charge on any atom is -0.249 e. The third-order valence-corrected chi connectivity index (χ3v) is 2.83. The molecule has 0 atom stereocenters. The van der Waals surface area contributed by atoms with Crippen LogP contribution in [-0.2, 0) is 0 Å². The van der Waals surface area contributed by atoms with Crippen LogP contribution in [0, 0.1) is 12.3 Å². The van der Waals surface area contributed by atoms with Crippen LogP contribution in [0.25, 0.3) is 0 Å². The maximum Gasteiger partial charge on any atom is 0.111 e. The molecule has 11 heavy (non-hydrogen) atoms. The van der Waals surface area contributed by atoms with Crippen molar-refractivity contribution in [3.63, 3.8) is 0 Å². The number of hydrogen-bond donors (Lipinski definition) is 0. The molecule has 0 saturated carbocycles. The zero-order valence-electron chi connectivity index (χ0n) is 5.75. The summed E-state index contributed by atoms with van der Waals surface area (Å²) in [6, 6.07) is 3.83. The first-order valence-corrected chi connectivity index (χ1v) is 4.79. The van der Waals surface area contributed by atoms with Gasteiger partial charge in [-0.25, -0.2) is 4.98 Å². The van der Waals surface area contributed by atoms with Gasteiger partial charge in [0.25, 0.3) is 0 Å². The number of hydrogen-bond acceptors (Lipinski definition) is 2. The van der Waals surface area contributed by atoms with Gasteiger partial charge in [0, 0.05) is 10.7 Å². The molecule has 3 heteroatoms. The first-order valence-electron chi connectivity index (χ1n) is 3.01. The van der Waals surface area contributed by atoms with Crippen LogP contribution in [0.4, 0.5) is 0 Å². The minimum atomic E-state index is 0.662. The molecule has 0 spiro atoms. The lowest BCUT2D eigenvalue weighted by atomic mass is 10.5. The topological polar surface area (TPSA) is 12.9 Å². The van der Waals surface area contributed by atoms with Crippen LogP contribution in [0.1, 0.15) is 0 Å². The predicted octanol–water partition coefficient (Wildman–Crippen LogP) is 2.57. The molecule has 0 amide bonds. The summed E-state index contributed by atoms with van der Waals surface area (Å²) in [6.07, 6.45) is 6.87. The second kappa shape index (κ2) is 4.42. The maximum absolute atomic E-state index is 5.11. The van der Waals surface area contributed by atoms with Gasteiger partial charge in [0.2, 0.25) is 0 Å². The largest absolute Gasteiger partial charge is 0.249 e. The van der Waals surface area contributed by atoms with Gasteiger partial charge in [-0.3, -0.25) is 0 Å². The van der Waals surface area contributed by atoms with Crippen molar-refractivity contribution in [3.05, 3.63) is 22.8 Å². The summed E-state index contributed by atoms with van der Waals surface area (Å²) < 4.78 is 1.00. The van der Waals surface area contributed by atoms with Crippen molar-refractivity contribution in [2.45, 2.75) is 5.03 Å². The standard InChI is InChI=1S/C8H6BrNS/c1-2-6-11-8-7(9)4-3-5-10-8/h1,3-5H,6H2. The predicted molar refractivity (Wildman–Crippen MR) is 51.5 cm³/mol. The van der Waals surface area contributed by atoms with Crippen molar-refractivity contribution in [3.8, 4) is 12.3 Å². The summed E-state index contributed by atoms with van der Waals surface area (Å²) in [5.41, 5.74) is 0. The van der Waals surface area contributed by atoms with Gasteiger partial charge in [-0.2, -0.15) is 0 Å². The second-order valence-electron chi connectivity index (χ2n) is 1.78. The molecule has 0 aliphatic rings. The molecule has 1 heterocycles. The summed E-state index contributed by atoms with van der Waals surface area (Å²) in [7, 11) is 0. The van der Waals surface area contributed by atoms with E-state index in [4.69, 9.17) is 6.42 Å². The number of nitrogens with zero attached hydrogens (tertiary/aromatic N) is 1. The van der Waals surface area contributed by atoms with Crippen molar-refractivity contribution < 1.29 is 0 Å². The number of rotatable bonds is 2. The molecular weight excluding hydrogens is 222 g/mol. The maximum atomic E-state index is 5.11. The van der Waals surface area contributed by atoms with E-state index in [1.807, 2.05) is 12.1 Å². The SMILES string of the molecule is C#CCSc1ncccc1Br. The summed E-state index contributed by atoms with van der Waals surface area (Å²) in [5, 5.41) is 0.949. The van der Waals surface area contributed by atoms with Gasteiger partial charge in [-0.15, -0.1) is 6.42 Å². The van der Waals surface area contributed by atoms with Crippen LogP contribution in [0.5, 0.6) is 0 Å². The second-order valence-corrected chi connectivity index (χ2v) is 3.60. The Morgan fingerprint density at radius 1 is 1.73 bits per heavy atom. The van der Waals surface area contributed by atoms with Crippen molar-refractivity contribution in [2.75, 3.05) is 5.75 Å². The highest BCUT2D eigenvalue weighted by atomic mass is 79.9. The summed E-state index contributed by atoms with van der Waals surface area (Å²) in [5.74, 6) is 3.21. The Bertz CT molecular complexity index is 280. The lowest BCUT2D eigenvalue weighted by molar-refractivity contribution is 1.11. The molecule has 0 saturated heterocycles. The number of aromatic nitrogens is 1. The van der Waals surface area contributed by atoms with Crippen molar-refractivity contribution in [2.24, 2.45) is 0 Å². The van der Waals surface area contributed by atoms with Gasteiger partial charge in [-0.05, 0) is 28.1 Å². The Morgan fingerprint density at radius 3 is 3.18 bits per heavy atom. The smallest absolute Gasteiger partial charge is 0.111 e. The van der Waals surface area contributed by atoms with Gasteiger partial charge in [-0.1, -0.05) is 17.7 Å². The highest BCUT2D eigenvalue weighted by Gasteiger charge is 1.97. The quantitative estimate of drug-likeness (QED) is 0.570. The molecule has 1 nitrogen and oxygen atoms in total. The average molecular weight is 228 g/mol. The number of terminal acetylenes is 1. The molecule has 0 unspecified atom stereocenters. The minimum absolute atomic E-state index is 0.662. The number of halogens is 1. The molecule has 1 aromatic heterocycles. The van der Waals surface area contributed by atoms with Crippen LogP contribution < -0.4 is 0 Å². The summed E-state index contributed by atoms with van der Waals surface area (Å²) in [4.78, 5) is 4.14. The van der Waals surface area contributed by atoms with Gasteiger partial charge < -0.3 is 0 Å². The van der Waals surface area contributed by atoms with Crippen LogP contribution in [-0.4, -0.2) is 10.7 Å². The molecular formula is C8H6BrNS. The average Bonchev–Trinajstić information content (AvgIpc) is 2.03. The lowest BCUT2D eigenvalue weighted by Gasteiger charge is -1.97. The van der Waals surface area contributed by atoms with Gasteiger partial charge >= 0.3 is 0 Å². The monoisotopic (exact) mass is 227 g/mol. The zero-order valence-corrected chi connectivity index (χ0v) is 8.15. The Hall–Kier alpha value is -0.460. The Kier molecular flexibility index (Phi) is 3.47. The fourth-order valence-corrected chi connectivity index (χ4v) is 1.75. The van der Waals surface area contributed by atoms with Crippen LogP contribution in [0.15, 0.2) is 27.8 Å². The number of pyridine rings is 1. The van der Waals surface area contributed by atoms with Crippen molar-refractivity contribution in [1.29, 1.82) is 0 Å². The molecule has 56 valence electrons. The molecule has 0 fully saturated rings. The van der Waals surface area contributed by atoms with E-state index in [2.05, 4.69) is 26.8 Å². The highest BCUT2D eigenvalue weighted by Crippen LogP contribution is 2.23. The Balaban J connectivity index is 2.71. The van der Waals surface area contributed by atoms with Gasteiger partial charge in [0.1, 0.15) is 5.03 Å². The summed E-state index contributed by atoms with van der Waals surface area (Å²) in [6.45, 7) is 0. The van der Waals surface area contributed by atoms with Crippen LogP contribution in [0.3, 0.4) is 0 Å². The third-order valence-electron chi connectivity index (χ3n) is 1.02. The van der Waals surface area contributed by atoms with Crippen LogP contribution in [0.2, 0.25) is 0 Å². The van der Waals surface area contributed by atoms with E-state index in [1.165, 1.54) is 0 Å². The van der Waals surface area contributed by atoms with Crippen molar-refractivity contribution in [1.82, 2.24) is 4.98 Å². The van der Waals surface area contributed by atoms with E-state index in [-0.39, 0.29) is 0 Å². The molecule has 0 aromatic carbocycles. The van der Waals surface area contributed by atoms with E-state index < -0.39 is 0 Å². The normalized spacial score (nSPS) is 9.09. The van der Waals surface area contributed by atoms with E-state index in [9.17, 15) is 0 Å². The number of thioether (sulfide) groups is 1. The van der Waals surface area contributed by atoms with E-state index >= 15 is 0 Å². The highest BCUT2D eigenvalue weighted by molar-refractivity contribution is 9.10. The first kappa shape index (κ1) is 8.63. The zero-order chi connectivity index (χ0) is 8.10. The molecule has 0 N–H and O–H groups in total. The van der Waals surface area contributed by atoms with Gasteiger partial charge in [0.15, 0.2) is 0 Å². The fraction of sp³-hybridized carbons (Fsp3) is 0.125. The molecule has 1 aromatic rings.